The van der Waals surface area contributed by atoms with E-state index in [1.54, 1.807) is 55.3 Å². The first kappa shape index (κ1) is 20.5. The van der Waals surface area contributed by atoms with E-state index >= 15 is 0 Å². The van der Waals surface area contributed by atoms with Crippen LogP contribution < -0.4 is 10.1 Å². The fourth-order valence-electron chi connectivity index (χ4n) is 2.72. The molecule has 0 spiro atoms. The van der Waals surface area contributed by atoms with E-state index in [1.807, 2.05) is 36.4 Å². The molecule has 5 nitrogen and oxygen atoms in total. The molecule has 3 rings (SSSR count). The van der Waals surface area contributed by atoms with E-state index in [-0.39, 0.29) is 5.91 Å². The number of methoxy groups -OCH3 is 2. The number of carbonyl (C=O) groups excluding carboxylic acids is 2. The molecule has 0 aliphatic heterocycles. The minimum atomic E-state index is -0.418. The third kappa shape index (κ3) is 5.39. The summed E-state index contributed by atoms with van der Waals surface area (Å²) in [6, 6.07) is 22.0. The number of benzene rings is 3. The summed E-state index contributed by atoms with van der Waals surface area (Å²) >= 11 is 1.68. The van der Waals surface area contributed by atoms with Crippen molar-refractivity contribution < 1.29 is 19.1 Å². The van der Waals surface area contributed by atoms with Crippen LogP contribution in [0, 0.1) is 0 Å². The largest absolute Gasteiger partial charge is 0.496 e. The van der Waals surface area contributed by atoms with E-state index < -0.39 is 5.97 Å². The zero-order chi connectivity index (χ0) is 20.6. The van der Waals surface area contributed by atoms with Crippen LogP contribution in [-0.2, 0) is 10.5 Å². The second-order valence-corrected chi connectivity index (χ2v) is 7.20. The first-order chi connectivity index (χ1) is 14.1. The lowest BCUT2D eigenvalue weighted by Crippen LogP contribution is -2.12. The van der Waals surface area contributed by atoms with Crippen LogP contribution >= 0.6 is 11.8 Å². The lowest BCUT2D eigenvalue weighted by atomic mass is 10.1. The highest BCUT2D eigenvalue weighted by Gasteiger charge is 2.12. The van der Waals surface area contributed by atoms with Crippen LogP contribution in [0.3, 0.4) is 0 Å². The maximum Gasteiger partial charge on any atom is 0.337 e. The van der Waals surface area contributed by atoms with E-state index in [4.69, 9.17) is 4.74 Å². The molecule has 6 heteroatoms. The van der Waals surface area contributed by atoms with Gasteiger partial charge in [-0.25, -0.2) is 4.79 Å². The van der Waals surface area contributed by atoms with Gasteiger partial charge in [0.05, 0.1) is 19.8 Å². The van der Waals surface area contributed by atoms with Gasteiger partial charge in [-0.2, -0.15) is 0 Å². The molecule has 0 aliphatic rings. The van der Waals surface area contributed by atoms with Gasteiger partial charge in [0.25, 0.3) is 5.91 Å². The Labute approximate surface area is 174 Å². The Morgan fingerprint density at radius 1 is 0.897 bits per heavy atom. The standard InChI is InChI=1S/C23H21NO4S/c1-27-21-13-10-17(14-18(21)15-29-20-6-4-3-5-7-20)22(25)24-19-11-8-16(9-12-19)23(26)28-2/h3-14H,15H2,1-2H3,(H,24,25). The second kappa shape index (κ2) is 9.80. The summed E-state index contributed by atoms with van der Waals surface area (Å²) in [5, 5.41) is 2.84. The SMILES string of the molecule is COC(=O)c1ccc(NC(=O)c2ccc(OC)c(CSc3ccccc3)c2)cc1. The second-order valence-electron chi connectivity index (χ2n) is 6.15. The molecule has 0 aliphatic carbocycles. The Balaban J connectivity index is 1.72. The van der Waals surface area contributed by atoms with Crippen LogP contribution in [0.1, 0.15) is 26.3 Å². The Morgan fingerprint density at radius 3 is 2.24 bits per heavy atom. The van der Waals surface area contributed by atoms with Crippen molar-refractivity contribution in [1.82, 2.24) is 0 Å². The topological polar surface area (TPSA) is 64.6 Å². The van der Waals surface area contributed by atoms with E-state index in [0.717, 1.165) is 16.2 Å². The number of nitrogens with one attached hydrogen (secondary N) is 1. The molecule has 1 N–H and O–H groups in total. The zero-order valence-electron chi connectivity index (χ0n) is 16.2. The van der Waals surface area contributed by atoms with Crippen LogP contribution in [-0.4, -0.2) is 26.1 Å². The maximum atomic E-state index is 12.7. The Kier molecular flexibility index (Phi) is 6.92. The van der Waals surface area contributed by atoms with Gasteiger partial charge in [-0.05, 0) is 54.6 Å². The van der Waals surface area contributed by atoms with E-state index in [0.29, 0.717) is 22.6 Å². The number of hydrogen-bond acceptors (Lipinski definition) is 5. The molecule has 29 heavy (non-hydrogen) atoms. The minimum absolute atomic E-state index is 0.232. The molecular weight excluding hydrogens is 386 g/mol. The molecule has 0 atom stereocenters. The van der Waals surface area contributed by atoms with Crippen molar-refractivity contribution >= 4 is 29.3 Å². The normalized spacial score (nSPS) is 10.3. The molecule has 0 unspecified atom stereocenters. The summed E-state index contributed by atoms with van der Waals surface area (Å²) in [5.41, 5.74) is 2.50. The lowest BCUT2D eigenvalue weighted by Gasteiger charge is -2.11. The predicted molar refractivity (Wildman–Crippen MR) is 115 cm³/mol. The van der Waals surface area contributed by atoms with Crippen LogP contribution in [0.2, 0.25) is 0 Å². The first-order valence-corrected chi connectivity index (χ1v) is 9.94. The molecule has 148 valence electrons. The monoisotopic (exact) mass is 407 g/mol. The zero-order valence-corrected chi connectivity index (χ0v) is 17.0. The predicted octanol–water partition coefficient (Wildman–Crippen LogP) is 5.03. The fourth-order valence-corrected chi connectivity index (χ4v) is 3.62. The highest BCUT2D eigenvalue weighted by atomic mass is 32.2. The smallest absolute Gasteiger partial charge is 0.337 e. The summed E-state index contributed by atoms with van der Waals surface area (Å²) in [4.78, 5) is 25.3. The number of thioether (sulfide) groups is 1. The Bertz CT molecular complexity index is 988. The van der Waals surface area contributed by atoms with Gasteiger partial charge in [0, 0.05) is 27.5 Å². The van der Waals surface area contributed by atoms with Gasteiger partial charge in [-0.15, -0.1) is 11.8 Å². The average Bonchev–Trinajstić information content (AvgIpc) is 2.78. The van der Waals surface area contributed by atoms with E-state index in [1.165, 1.54) is 7.11 Å². The van der Waals surface area contributed by atoms with Crippen LogP contribution in [0.15, 0.2) is 77.7 Å². The molecular formula is C23H21NO4S. The number of amides is 1. The van der Waals surface area contributed by atoms with Crippen molar-refractivity contribution in [2.45, 2.75) is 10.6 Å². The van der Waals surface area contributed by atoms with Gasteiger partial charge in [0.15, 0.2) is 0 Å². The van der Waals surface area contributed by atoms with Crippen molar-refractivity contribution in [3.8, 4) is 5.75 Å². The molecule has 0 saturated heterocycles. The molecule has 0 heterocycles. The van der Waals surface area contributed by atoms with Crippen LogP contribution in [0.5, 0.6) is 5.75 Å². The number of hydrogen-bond donors (Lipinski definition) is 1. The highest BCUT2D eigenvalue weighted by molar-refractivity contribution is 7.98. The number of ether oxygens (including phenoxy) is 2. The van der Waals surface area contributed by atoms with E-state index in [2.05, 4.69) is 10.1 Å². The number of esters is 1. The van der Waals surface area contributed by atoms with E-state index in [9.17, 15) is 9.59 Å². The van der Waals surface area contributed by atoms with Gasteiger partial charge in [0.1, 0.15) is 5.75 Å². The molecule has 0 bridgehead atoms. The molecule has 1 amide bonds. The Hall–Kier alpha value is -3.25. The van der Waals surface area contributed by atoms with Crippen molar-refractivity contribution in [1.29, 1.82) is 0 Å². The number of rotatable bonds is 7. The van der Waals surface area contributed by atoms with Gasteiger partial charge in [0.2, 0.25) is 0 Å². The first-order valence-electron chi connectivity index (χ1n) is 8.95. The van der Waals surface area contributed by atoms with Crippen LogP contribution in [0.4, 0.5) is 5.69 Å². The summed E-state index contributed by atoms with van der Waals surface area (Å²) in [6.07, 6.45) is 0. The summed E-state index contributed by atoms with van der Waals surface area (Å²) in [7, 11) is 2.95. The molecule has 0 aromatic heterocycles. The van der Waals surface area contributed by atoms with Crippen molar-refractivity contribution in [2.75, 3.05) is 19.5 Å². The van der Waals surface area contributed by atoms with Gasteiger partial charge >= 0.3 is 5.97 Å². The summed E-state index contributed by atoms with van der Waals surface area (Å²) in [5.74, 6) is 0.776. The molecule has 0 radical (unpaired) electrons. The molecule has 3 aromatic rings. The Morgan fingerprint density at radius 2 is 1.59 bits per heavy atom. The summed E-state index contributed by atoms with van der Waals surface area (Å²) in [6.45, 7) is 0. The number of carbonyl (C=O) groups is 2. The van der Waals surface area contributed by atoms with Crippen molar-refractivity contribution in [2.24, 2.45) is 0 Å². The summed E-state index contributed by atoms with van der Waals surface area (Å²) < 4.78 is 10.1. The third-order valence-electron chi connectivity index (χ3n) is 4.24. The average molecular weight is 407 g/mol. The van der Waals surface area contributed by atoms with Gasteiger partial charge in [-0.1, -0.05) is 18.2 Å². The lowest BCUT2D eigenvalue weighted by molar-refractivity contribution is 0.0600. The molecule has 0 fully saturated rings. The maximum absolute atomic E-state index is 12.7. The highest BCUT2D eigenvalue weighted by Crippen LogP contribution is 2.29. The van der Waals surface area contributed by atoms with Crippen LogP contribution in [0.25, 0.3) is 0 Å². The third-order valence-corrected chi connectivity index (χ3v) is 5.30. The van der Waals surface area contributed by atoms with Crippen molar-refractivity contribution in [3.05, 3.63) is 89.5 Å². The van der Waals surface area contributed by atoms with Gasteiger partial charge < -0.3 is 14.8 Å². The quantitative estimate of drug-likeness (QED) is 0.440. The minimum Gasteiger partial charge on any atom is -0.496 e. The van der Waals surface area contributed by atoms with Crippen molar-refractivity contribution in [3.63, 3.8) is 0 Å². The number of anilines is 1. The van der Waals surface area contributed by atoms with Gasteiger partial charge in [-0.3, -0.25) is 4.79 Å². The fraction of sp³-hybridized carbons (Fsp3) is 0.130. The molecule has 0 saturated carbocycles. The molecule has 3 aromatic carbocycles.